The zero-order valence-electron chi connectivity index (χ0n) is 15.5. The molecule has 1 aliphatic heterocycles. The van der Waals surface area contributed by atoms with E-state index >= 15 is 0 Å². The number of ether oxygens (including phenoxy) is 1. The highest BCUT2D eigenvalue weighted by atomic mass is 16.5. The molecule has 0 aliphatic carbocycles. The zero-order chi connectivity index (χ0) is 19.0. The van der Waals surface area contributed by atoms with Gasteiger partial charge in [0.05, 0.1) is 30.5 Å². The molecule has 27 heavy (non-hydrogen) atoms. The van der Waals surface area contributed by atoms with Gasteiger partial charge in [0, 0.05) is 11.1 Å². The van der Waals surface area contributed by atoms with Crippen molar-refractivity contribution in [1.82, 2.24) is 5.16 Å². The Labute approximate surface area is 157 Å². The average molecular weight is 360 g/mol. The molecular weight excluding hydrogens is 340 g/mol. The second kappa shape index (κ2) is 6.83. The van der Waals surface area contributed by atoms with Crippen molar-refractivity contribution in [2.24, 2.45) is 4.99 Å². The number of fused-ring (bicyclic) bond motifs is 3. The van der Waals surface area contributed by atoms with Gasteiger partial charge in [-0.1, -0.05) is 53.2 Å². The van der Waals surface area contributed by atoms with E-state index in [1.165, 1.54) is 7.11 Å². The maximum Gasteiger partial charge on any atom is 0.308 e. The highest BCUT2D eigenvalue weighted by molar-refractivity contribution is 6.17. The van der Waals surface area contributed by atoms with Crippen LogP contribution >= 0.6 is 0 Å². The van der Waals surface area contributed by atoms with Gasteiger partial charge in [0.25, 0.3) is 0 Å². The number of hydrogen-bond acceptors (Lipinski definition) is 5. The van der Waals surface area contributed by atoms with Crippen molar-refractivity contribution in [2.45, 2.75) is 26.3 Å². The topological polar surface area (TPSA) is 64.7 Å². The summed E-state index contributed by atoms with van der Waals surface area (Å²) in [5.74, 6) is 0.271. The lowest BCUT2D eigenvalue weighted by molar-refractivity contribution is -0.141. The molecule has 0 bridgehead atoms. The van der Waals surface area contributed by atoms with E-state index in [4.69, 9.17) is 14.3 Å². The fraction of sp³-hybridized carbons (Fsp3) is 0.227. The van der Waals surface area contributed by atoms with Gasteiger partial charge in [0.15, 0.2) is 5.76 Å². The number of aromatic nitrogens is 1. The third-order valence-electron chi connectivity index (χ3n) is 4.81. The van der Waals surface area contributed by atoms with E-state index in [2.05, 4.69) is 30.3 Å². The Morgan fingerprint density at radius 1 is 1.11 bits per heavy atom. The summed E-state index contributed by atoms with van der Waals surface area (Å²) in [5, 5.41) is 4.15. The van der Waals surface area contributed by atoms with Crippen LogP contribution in [0.5, 0.6) is 0 Å². The largest absolute Gasteiger partial charge is 0.469 e. The molecule has 1 aliphatic rings. The van der Waals surface area contributed by atoms with Crippen molar-refractivity contribution in [2.75, 3.05) is 7.11 Å². The van der Waals surface area contributed by atoms with Crippen LogP contribution in [0, 0.1) is 13.8 Å². The first-order valence-electron chi connectivity index (χ1n) is 8.86. The van der Waals surface area contributed by atoms with Crippen molar-refractivity contribution in [3.05, 3.63) is 76.7 Å². The zero-order valence-corrected chi connectivity index (χ0v) is 15.5. The summed E-state index contributed by atoms with van der Waals surface area (Å²) in [4.78, 5) is 17.0. The molecule has 0 radical (unpaired) electrons. The number of hydrogen-bond donors (Lipinski definition) is 0. The van der Waals surface area contributed by atoms with Crippen LogP contribution in [0.15, 0.2) is 58.0 Å². The smallest absolute Gasteiger partial charge is 0.308 e. The van der Waals surface area contributed by atoms with Crippen LogP contribution in [-0.4, -0.2) is 23.9 Å². The summed E-state index contributed by atoms with van der Waals surface area (Å²) >= 11 is 0. The minimum absolute atomic E-state index is 0.0986. The quantitative estimate of drug-likeness (QED) is 0.649. The molecule has 0 saturated heterocycles. The van der Waals surface area contributed by atoms with Crippen molar-refractivity contribution in [3.63, 3.8) is 0 Å². The molecule has 0 saturated carbocycles. The first-order valence-corrected chi connectivity index (χ1v) is 8.86. The van der Waals surface area contributed by atoms with Gasteiger partial charge in [0.1, 0.15) is 6.04 Å². The van der Waals surface area contributed by atoms with Crippen LogP contribution in [0.2, 0.25) is 0 Å². The van der Waals surface area contributed by atoms with E-state index in [9.17, 15) is 4.79 Å². The van der Waals surface area contributed by atoms with Crippen molar-refractivity contribution >= 4 is 11.7 Å². The third kappa shape index (κ3) is 3.05. The van der Waals surface area contributed by atoms with E-state index in [1.54, 1.807) is 0 Å². The predicted molar refractivity (Wildman–Crippen MR) is 103 cm³/mol. The van der Waals surface area contributed by atoms with Crippen LogP contribution in [0.1, 0.15) is 40.6 Å². The van der Waals surface area contributed by atoms with Crippen LogP contribution in [-0.2, 0) is 9.53 Å². The fourth-order valence-corrected chi connectivity index (χ4v) is 3.50. The Morgan fingerprint density at radius 2 is 1.89 bits per heavy atom. The molecule has 0 N–H and O–H groups in total. The number of rotatable bonds is 3. The molecule has 5 heteroatoms. The van der Waals surface area contributed by atoms with Gasteiger partial charge in [-0.2, -0.15) is 0 Å². The lowest BCUT2D eigenvalue weighted by Crippen LogP contribution is -2.10. The van der Waals surface area contributed by atoms with Crippen molar-refractivity contribution < 1.29 is 14.1 Å². The number of nitrogens with zero attached hydrogens (tertiary/aromatic N) is 2. The van der Waals surface area contributed by atoms with E-state index in [0.29, 0.717) is 5.76 Å². The van der Waals surface area contributed by atoms with Gasteiger partial charge < -0.3 is 9.26 Å². The molecule has 4 rings (SSSR count). The second-order valence-corrected chi connectivity index (χ2v) is 6.70. The summed E-state index contributed by atoms with van der Waals surface area (Å²) in [7, 11) is 1.38. The van der Waals surface area contributed by atoms with Gasteiger partial charge in [-0.05, 0) is 25.5 Å². The highest BCUT2D eigenvalue weighted by Crippen LogP contribution is 2.41. The number of aliphatic imine (C=N–C) groups is 1. The highest BCUT2D eigenvalue weighted by Gasteiger charge is 2.31. The lowest BCUT2D eigenvalue weighted by atomic mass is 9.91. The van der Waals surface area contributed by atoms with Crippen LogP contribution < -0.4 is 0 Å². The number of aryl methyl sites for hydroxylation is 2. The van der Waals surface area contributed by atoms with Crippen LogP contribution in [0.25, 0.3) is 11.1 Å². The first-order chi connectivity index (χ1) is 13.1. The van der Waals surface area contributed by atoms with Gasteiger partial charge in [0.2, 0.25) is 0 Å². The van der Waals surface area contributed by atoms with E-state index < -0.39 is 6.04 Å². The van der Waals surface area contributed by atoms with E-state index in [-0.39, 0.29) is 12.4 Å². The van der Waals surface area contributed by atoms with Crippen molar-refractivity contribution in [3.8, 4) is 11.1 Å². The molecule has 1 atom stereocenters. The maximum absolute atomic E-state index is 12.0. The van der Waals surface area contributed by atoms with Crippen molar-refractivity contribution in [1.29, 1.82) is 0 Å². The molecule has 2 heterocycles. The number of carbonyl (C=O) groups excluding carboxylic acids is 1. The number of carbonyl (C=O) groups is 1. The predicted octanol–water partition coefficient (Wildman–Crippen LogP) is 4.41. The van der Waals surface area contributed by atoms with Crippen LogP contribution in [0.4, 0.5) is 0 Å². The summed E-state index contributed by atoms with van der Waals surface area (Å²) in [6, 6.07) is 15.8. The molecule has 136 valence electrons. The summed E-state index contributed by atoms with van der Waals surface area (Å²) in [6.07, 6.45) is 0.0986. The summed E-state index contributed by atoms with van der Waals surface area (Å²) in [5.41, 5.74) is 6.71. The van der Waals surface area contributed by atoms with Gasteiger partial charge in [-0.3, -0.25) is 9.79 Å². The Kier molecular flexibility index (Phi) is 4.36. The van der Waals surface area contributed by atoms with E-state index in [1.807, 2.05) is 37.3 Å². The SMILES string of the molecule is COC(=O)C[C@@H]1N=C(c2ccccc2)c2cc(C)ccc2-c2c(C)noc21. The normalized spacial score (nSPS) is 15.4. The monoisotopic (exact) mass is 360 g/mol. The molecule has 0 unspecified atom stereocenters. The van der Waals surface area contributed by atoms with Gasteiger partial charge in [-0.15, -0.1) is 0 Å². The molecule has 0 fully saturated rings. The molecule has 2 aromatic carbocycles. The standard InChI is InChI=1S/C22H20N2O3/c1-13-9-10-16-17(11-13)21(15-7-5-4-6-8-15)23-18(12-19(25)26-3)22-20(16)14(2)24-27-22/h4-11,18H,12H2,1-3H3/t18-/m0/s1. The second-order valence-electron chi connectivity index (χ2n) is 6.70. The Hall–Kier alpha value is -3.21. The summed E-state index contributed by atoms with van der Waals surface area (Å²) < 4.78 is 10.5. The third-order valence-corrected chi connectivity index (χ3v) is 4.81. The molecule has 0 amide bonds. The Bertz CT molecular complexity index is 1030. The number of benzene rings is 2. The maximum atomic E-state index is 12.0. The minimum atomic E-state index is -0.489. The molecule has 1 aromatic heterocycles. The first kappa shape index (κ1) is 17.2. The van der Waals surface area contributed by atoms with E-state index in [0.717, 1.165) is 39.2 Å². The summed E-state index contributed by atoms with van der Waals surface area (Å²) in [6.45, 7) is 3.97. The molecule has 5 nitrogen and oxygen atoms in total. The molecular formula is C22H20N2O3. The minimum Gasteiger partial charge on any atom is -0.469 e. The Balaban J connectivity index is 2.00. The van der Waals surface area contributed by atoms with Crippen LogP contribution in [0.3, 0.4) is 0 Å². The number of esters is 1. The van der Waals surface area contributed by atoms with Gasteiger partial charge >= 0.3 is 5.97 Å². The molecule has 3 aromatic rings. The number of methoxy groups -OCH3 is 1. The fourth-order valence-electron chi connectivity index (χ4n) is 3.50. The Morgan fingerprint density at radius 3 is 2.63 bits per heavy atom. The van der Waals surface area contributed by atoms with Gasteiger partial charge in [-0.25, -0.2) is 0 Å². The average Bonchev–Trinajstić information content (AvgIpc) is 3.00. The molecule has 0 spiro atoms. The lowest BCUT2D eigenvalue weighted by Gasteiger charge is -2.12.